The molecule has 2 rings (SSSR count). The summed E-state index contributed by atoms with van der Waals surface area (Å²) in [7, 11) is -1.68. The average Bonchev–Trinajstić information content (AvgIpc) is 2.64. The quantitative estimate of drug-likeness (QED) is 0.310. The molecular formula is C19H23F3IN3O3S. The predicted octanol–water partition coefficient (Wildman–Crippen LogP) is 3.51. The molecule has 0 aliphatic carbocycles. The smallest absolute Gasteiger partial charge is 0.405 e. The van der Waals surface area contributed by atoms with Crippen molar-refractivity contribution in [1.29, 1.82) is 0 Å². The molecule has 0 aliphatic heterocycles. The SMILES string of the molecule is CN=C(NCCc1ccc(S(C)(=O)=O)cc1)NCc1ccccc1OC(F)(F)F.I. The molecule has 11 heteroatoms. The maximum Gasteiger partial charge on any atom is 0.573 e. The zero-order valence-corrected chi connectivity index (χ0v) is 19.5. The highest BCUT2D eigenvalue weighted by Gasteiger charge is 2.31. The number of halogens is 4. The van der Waals surface area contributed by atoms with E-state index in [0.717, 1.165) is 11.8 Å². The van der Waals surface area contributed by atoms with Crippen LogP contribution in [0.1, 0.15) is 11.1 Å². The fraction of sp³-hybridized carbons (Fsp3) is 0.316. The van der Waals surface area contributed by atoms with Gasteiger partial charge in [-0.1, -0.05) is 30.3 Å². The molecule has 30 heavy (non-hydrogen) atoms. The van der Waals surface area contributed by atoms with Gasteiger partial charge in [0.15, 0.2) is 15.8 Å². The predicted molar refractivity (Wildman–Crippen MR) is 120 cm³/mol. The van der Waals surface area contributed by atoms with E-state index in [-0.39, 0.29) is 41.2 Å². The lowest BCUT2D eigenvalue weighted by atomic mass is 10.1. The number of sulfone groups is 1. The van der Waals surface area contributed by atoms with E-state index >= 15 is 0 Å². The van der Waals surface area contributed by atoms with Gasteiger partial charge in [-0.15, -0.1) is 37.1 Å². The van der Waals surface area contributed by atoms with Gasteiger partial charge in [0.1, 0.15) is 5.75 Å². The number of aliphatic imine (C=N–C) groups is 1. The lowest BCUT2D eigenvalue weighted by Crippen LogP contribution is -2.38. The molecule has 2 aromatic rings. The zero-order valence-electron chi connectivity index (χ0n) is 16.4. The highest BCUT2D eigenvalue weighted by molar-refractivity contribution is 14.0. The van der Waals surface area contributed by atoms with Crippen LogP contribution in [-0.4, -0.2) is 40.6 Å². The van der Waals surface area contributed by atoms with Crippen molar-refractivity contribution in [1.82, 2.24) is 10.6 Å². The Bertz CT molecular complexity index is 949. The number of hydrogen-bond acceptors (Lipinski definition) is 4. The Morgan fingerprint density at radius 3 is 2.27 bits per heavy atom. The van der Waals surface area contributed by atoms with E-state index in [2.05, 4.69) is 20.4 Å². The van der Waals surface area contributed by atoms with Gasteiger partial charge in [-0.3, -0.25) is 4.99 Å². The van der Waals surface area contributed by atoms with Crippen molar-refractivity contribution in [2.24, 2.45) is 4.99 Å². The van der Waals surface area contributed by atoms with Gasteiger partial charge in [-0.05, 0) is 30.2 Å². The van der Waals surface area contributed by atoms with Crippen LogP contribution in [0.4, 0.5) is 13.2 Å². The molecule has 0 unspecified atom stereocenters. The van der Waals surface area contributed by atoms with E-state index in [9.17, 15) is 21.6 Å². The van der Waals surface area contributed by atoms with Crippen LogP contribution in [0.25, 0.3) is 0 Å². The second-order valence-electron chi connectivity index (χ2n) is 6.17. The third kappa shape index (κ3) is 8.78. The van der Waals surface area contributed by atoms with Gasteiger partial charge in [0.25, 0.3) is 0 Å². The van der Waals surface area contributed by atoms with Gasteiger partial charge < -0.3 is 15.4 Å². The molecule has 0 aromatic heterocycles. The fourth-order valence-electron chi connectivity index (χ4n) is 2.50. The molecule has 0 fully saturated rings. The molecule has 2 aromatic carbocycles. The normalized spacial score (nSPS) is 12.1. The number of hydrogen-bond donors (Lipinski definition) is 2. The Hall–Kier alpha value is -2.02. The Balaban J connectivity index is 0.00000450. The summed E-state index contributed by atoms with van der Waals surface area (Å²) in [6.45, 7) is 0.591. The number of ether oxygens (including phenoxy) is 1. The standard InChI is InChI=1S/C19H22F3N3O3S.HI/c1-23-18(24-12-11-14-7-9-16(10-8-14)29(2,26)27)25-13-15-5-3-4-6-17(15)28-19(20,21)22;/h3-10H,11-13H2,1-2H3,(H2,23,24,25);1H. The van der Waals surface area contributed by atoms with E-state index in [1.807, 2.05) is 0 Å². The molecule has 0 atom stereocenters. The fourth-order valence-corrected chi connectivity index (χ4v) is 3.13. The second kappa shape index (κ2) is 11.4. The minimum absolute atomic E-state index is 0. The molecule has 0 spiro atoms. The number of nitrogens with zero attached hydrogens (tertiary/aromatic N) is 1. The Morgan fingerprint density at radius 1 is 1.07 bits per heavy atom. The van der Waals surface area contributed by atoms with Gasteiger partial charge in [-0.2, -0.15) is 0 Å². The first-order valence-electron chi connectivity index (χ1n) is 8.65. The van der Waals surface area contributed by atoms with Crippen LogP contribution >= 0.6 is 24.0 Å². The van der Waals surface area contributed by atoms with Crippen molar-refractivity contribution in [2.75, 3.05) is 19.8 Å². The van der Waals surface area contributed by atoms with Crippen LogP contribution in [0.3, 0.4) is 0 Å². The van der Waals surface area contributed by atoms with Gasteiger partial charge in [-0.25, -0.2) is 8.42 Å². The highest BCUT2D eigenvalue weighted by atomic mass is 127. The number of para-hydroxylation sites is 1. The molecule has 0 radical (unpaired) electrons. The first-order chi connectivity index (χ1) is 13.6. The largest absolute Gasteiger partial charge is 0.573 e. The van der Waals surface area contributed by atoms with Crippen molar-refractivity contribution in [2.45, 2.75) is 24.2 Å². The van der Waals surface area contributed by atoms with Crippen molar-refractivity contribution < 1.29 is 26.3 Å². The van der Waals surface area contributed by atoms with Crippen molar-refractivity contribution in [3.8, 4) is 5.75 Å². The third-order valence-corrected chi connectivity index (χ3v) is 5.05. The molecule has 0 saturated heterocycles. The van der Waals surface area contributed by atoms with E-state index in [1.165, 1.54) is 18.2 Å². The Labute approximate surface area is 190 Å². The van der Waals surface area contributed by atoms with Gasteiger partial charge in [0, 0.05) is 32.0 Å². The summed E-state index contributed by atoms with van der Waals surface area (Å²) in [6, 6.07) is 12.4. The molecule has 0 bridgehead atoms. The number of nitrogens with one attached hydrogen (secondary N) is 2. The van der Waals surface area contributed by atoms with Crippen molar-refractivity contribution in [3.05, 3.63) is 59.7 Å². The lowest BCUT2D eigenvalue weighted by molar-refractivity contribution is -0.274. The number of guanidine groups is 1. The molecule has 0 aliphatic rings. The van der Waals surface area contributed by atoms with Gasteiger partial charge >= 0.3 is 6.36 Å². The van der Waals surface area contributed by atoms with Crippen LogP contribution < -0.4 is 15.4 Å². The van der Waals surface area contributed by atoms with Crippen LogP contribution in [0, 0.1) is 0 Å². The molecule has 6 nitrogen and oxygen atoms in total. The monoisotopic (exact) mass is 557 g/mol. The molecule has 0 saturated carbocycles. The minimum atomic E-state index is -4.76. The maximum atomic E-state index is 12.5. The number of alkyl halides is 3. The Morgan fingerprint density at radius 2 is 1.70 bits per heavy atom. The van der Waals surface area contributed by atoms with Crippen molar-refractivity contribution >= 4 is 39.8 Å². The van der Waals surface area contributed by atoms with Crippen molar-refractivity contribution in [3.63, 3.8) is 0 Å². The van der Waals surface area contributed by atoms with E-state index in [1.54, 1.807) is 37.4 Å². The summed E-state index contributed by atoms with van der Waals surface area (Å²) >= 11 is 0. The number of rotatable bonds is 7. The molecule has 2 N–H and O–H groups in total. The lowest BCUT2D eigenvalue weighted by Gasteiger charge is -2.15. The minimum Gasteiger partial charge on any atom is -0.405 e. The summed E-state index contributed by atoms with van der Waals surface area (Å²) in [5, 5.41) is 6.00. The summed E-state index contributed by atoms with van der Waals surface area (Å²) < 4.78 is 64.4. The average molecular weight is 557 g/mol. The maximum absolute atomic E-state index is 12.5. The molecule has 0 amide bonds. The summed E-state index contributed by atoms with van der Waals surface area (Å²) in [5.74, 6) is 0.147. The van der Waals surface area contributed by atoms with Crippen LogP contribution in [0.5, 0.6) is 5.75 Å². The summed E-state index contributed by atoms with van der Waals surface area (Å²) in [5.41, 5.74) is 1.27. The highest BCUT2D eigenvalue weighted by Crippen LogP contribution is 2.26. The third-order valence-electron chi connectivity index (χ3n) is 3.93. The molecule has 166 valence electrons. The van der Waals surface area contributed by atoms with Gasteiger partial charge in [0.2, 0.25) is 0 Å². The van der Waals surface area contributed by atoms with Crippen LogP contribution in [-0.2, 0) is 22.8 Å². The van der Waals surface area contributed by atoms with Gasteiger partial charge in [0.05, 0.1) is 4.90 Å². The summed E-state index contributed by atoms with van der Waals surface area (Å²) in [6.07, 6.45) is -3.00. The van der Waals surface area contributed by atoms with Crippen LogP contribution in [0.2, 0.25) is 0 Å². The van der Waals surface area contributed by atoms with E-state index in [0.29, 0.717) is 24.5 Å². The summed E-state index contributed by atoms with van der Waals surface area (Å²) in [4.78, 5) is 4.29. The first-order valence-corrected chi connectivity index (χ1v) is 10.5. The molecular weight excluding hydrogens is 534 g/mol. The Kier molecular flexibility index (Phi) is 9.88. The van der Waals surface area contributed by atoms with E-state index < -0.39 is 16.2 Å². The van der Waals surface area contributed by atoms with Crippen LogP contribution in [0.15, 0.2) is 58.4 Å². The topological polar surface area (TPSA) is 79.8 Å². The second-order valence-corrected chi connectivity index (χ2v) is 8.19. The molecule has 0 heterocycles. The van der Waals surface area contributed by atoms with E-state index in [4.69, 9.17) is 0 Å². The zero-order chi connectivity index (χ0) is 21.5. The number of benzene rings is 2. The first kappa shape index (κ1) is 26.0.